The number of esters is 1. The van der Waals surface area contributed by atoms with Gasteiger partial charge < -0.3 is 14.8 Å². The number of carbonyl (C=O) groups is 2. The smallest absolute Gasteiger partial charge is 0.330 e. The zero-order chi connectivity index (χ0) is 14.8. The van der Waals surface area contributed by atoms with E-state index in [0.717, 1.165) is 11.3 Å². The van der Waals surface area contributed by atoms with E-state index in [1.165, 1.54) is 6.08 Å². The molecule has 0 aromatic heterocycles. The van der Waals surface area contributed by atoms with Gasteiger partial charge in [-0.3, -0.25) is 4.79 Å². The fourth-order valence-electron chi connectivity index (χ4n) is 1.51. The number of ether oxygens (including phenoxy) is 2. The van der Waals surface area contributed by atoms with Gasteiger partial charge in [-0.25, -0.2) is 4.79 Å². The van der Waals surface area contributed by atoms with Crippen LogP contribution in [0.1, 0.15) is 12.5 Å². The van der Waals surface area contributed by atoms with E-state index in [-0.39, 0.29) is 12.5 Å². The van der Waals surface area contributed by atoms with Crippen LogP contribution in [0.5, 0.6) is 5.75 Å². The second kappa shape index (κ2) is 8.74. The highest BCUT2D eigenvalue weighted by Gasteiger charge is 2.04. The van der Waals surface area contributed by atoms with Crippen LogP contribution in [0.3, 0.4) is 0 Å². The largest absolute Gasteiger partial charge is 0.497 e. The van der Waals surface area contributed by atoms with Crippen molar-refractivity contribution in [3.8, 4) is 5.75 Å². The Kier molecular flexibility index (Phi) is 6.89. The molecule has 0 fully saturated rings. The Bertz CT molecular complexity index is 465. The van der Waals surface area contributed by atoms with Crippen LogP contribution in [0.4, 0.5) is 0 Å². The monoisotopic (exact) mass is 277 g/mol. The molecule has 0 aliphatic rings. The number of benzene rings is 1. The lowest BCUT2D eigenvalue weighted by Gasteiger charge is -2.06. The van der Waals surface area contributed by atoms with Gasteiger partial charge in [-0.1, -0.05) is 18.2 Å². The van der Waals surface area contributed by atoms with Gasteiger partial charge >= 0.3 is 5.97 Å². The molecule has 1 amide bonds. The Labute approximate surface area is 118 Å². The lowest BCUT2D eigenvalue weighted by molar-refractivity contribution is -0.143. The SMILES string of the molecule is C/C=C/C(=O)OCC(=O)NCCc1ccc(OC)cc1. The van der Waals surface area contributed by atoms with Gasteiger partial charge in [0.1, 0.15) is 5.75 Å². The van der Waals surface area contributed by atoms with Gasteiger partial charge in [-0.15, -0.1) is 0 Å². The van der Waals surface area contributed by atoms with Crippen molar-refractivity contribution in [1.82, 2.24) is 5.32 Å². The molecule has 1 rings (SSSR count). The minimum atomic E-state index is -0.516. The van der Waals surface area contributed by atoms with Crippen molar-refractivity contribution in [1.29, 1.82) is 0 Å². The van der Waals surface area contributed by atoms with Crippen LogP contribution in [0, 0.1) is 0 Å². The third kappa shape index (κ3) is 6.04. The van der Waals surface area contributed by atoms with Crippen LogP contribution in [-0.4, -0.2) is 32.1 Å². The number of methoxy groups -OCH3 is 1. The van der Waals surface area contributed by atoms with Crippen LogP contribution in [0.2, 0.25) is 0 Å². The van der Waals surface area contributed by atoms with Crippen LogP contribution in [0.25, 0.3) is 0 Å². The lowest BCUT2D eigenvalue weighted by atomic mass is 10.1. The fourth-order valence-corrected chi connectivity index (χ4v) is 1.51. The van der Waals surface area contributed by atoms with Crippen molar-refractivity contribution in [2.45, 2.75) is 13.3 Å². The van der Waals surface area contributed by atoms with Gasteiger partial charge in [-0.2, -0.15) is 0 Å². The molecular formula is C15H19NO4. The van der Waals surface area contributed by atoms with Gasteiger partial charge in [-0.05, 0) is 31.0 Å². The van der Waals surface area contributed by atoms with E-state index in [1.807, 2.05) is 24.3 Å². The van der Waals surface area contributed by atoms with E-state index in [0.29, 0.717) is 13.0 Å². The lowest BCUT2D eigenvalue weighted by Crippen LogP contribution is -2.30. The van der Waals surface area contributed by atoms with Gasteiger partial charge in [0.15, 0.2) is 6.61 Å². The molecule has 0 bridgehead atoms. The second-order valence-corrected chi connectivity index (χ2v) is 4.06. The fraction of sp³-hybridized carbons (Fsp3) is 0.333. The molecule has 5 nitrogen and oxygen atoms in total. The Balaban J connectivity index is 2.22. The van der Waals surface area contributed by atoms with Gasteiger partial charge in [0.2, 0.25) is 0 Å². The maximum atomic E-state index is 11.4. The maximum Gasteiger partial charge on any atom is 0.330 e. The van der Waals surface area contributed by atoms with Crippen LogP contribution in [-0.2, 0) is 20.7 Å². The first kappa shape index (κ1) is 15.8. The Hall–Kier alpha value is -2.30. The minimum Gasteiger partial charge on any atom is -0.497 e. The average molecular weight is 277 g/mol. The summed E-state index contributed by atoms with van der Waals surface area (Å²) in [6.45, 7) is 1.94. The van der Waals surface area contributed by atoms with Gasteiger partial charge in [0, 0.05) is 12.6 Å². The molecule has 0 aliphatic carbocycles. The molecule has 0 atom stereocenters. The van der Waals surface area contributed by atoms with E-state index in [9.17, 15) is 9.59 Å². The molecule has 5 heteroatoms. The normalized spacial score (nSPS) is 10.3. The summed E-state index contributed by atoms with van der Waals surface area (Å²) in [5, 5.41) is 2.69. The Morgan fingerprint density at radius 2 is 1.95 bits per heavy atom. The summed E-state index contributed by atoms with van der Waals surface area (Å²) in [6.07, 6.45) is 3.53. The molecule has 1 aromatic rings. The molecule has 108 valence electrons. The molecule has 0 heterocycles. The average Bonchev–Trinajstić information content (AvgIpc) is 2.46. The van der Waals surface area contributed by atoms with Gasteiger partial charge in [0.25, 0.3) is 5.91 Å². The molecule has 0 spiro atoms. The summed E-state index contributed by atoms with van der Waals surface area (Å²) in [5.41, 5.74) is 1.09. The molecule has 0 unspecified atom stereocenters. The Morgan fingerprint density at radius 3 is 2.55 bits per heavy atom. The van der Waals surface area contributed by atoms with Gasteiger partial charge in [0.05, 0.1) is 7.11 Å². The highest BCUT2D eigenvalue weighted by molar-refractivity contribution is 5.85. The molecule has 0 saturated heterocycles. The third-order valence-electron chi connectivity index (χ3n) is 2.54. The van der Waals surface area contributed by atoms with E-state index in [2.05, 4.69) is 5.32 Å². The minimum absolute atomic E-state index is 0.258. The van der Waals surface area contributed by atoms with Crippen LogP contribution >= 0.6 is 0 Å². The van der Waals surface area contributed by atoms with E-state index < -0.39 is 5.97 Å². The number of hydrogen-bond donors (Lipinski definition) is 1. The predicted octanol–water partition coefficient (Wildman–Crippen LogP) is 1.47. The third-order valence-corrected chi connectivity index (χ3v) is 2.54. The van der Waals surface area contributed by atoms with Crippen molar-refractivity contribution in [3.05, 3.63) is 42.0 Å². The molecule has 1 aromatic carbocycles. The quantitative estimate of drug-likeness (QED) is 0.605. The summed E-state index contributed by atoms with van der Waals surface area (Å²) in [4.78, 5) is 22.4. The molecule has 0 saturated carbocycles. The summed E-state index contributed by atoms with van der Waals surface area (Å²) in [7, 11) is 1.62. The van der Waals surface area contributed by atoms with Crippen molar-refractivity contribution >= 4 is 11.9 Å². The first-order chi connectivity index (χ1) is 9.65. The number of allylic oxidation sites excluding steroid dienone is 1. The molecule has 1 N–H and O–H groups in total. The highest BCUT2D eigenvalue weighted by Crippen LogP contribution is 2.11. The standard InChI is InChI=1S/C15H19NO4/c1-3-4-15(18)20-11-14(17)16-10-9-12-5-7-13(19-2)8-6-12/h3-8H,9-11H2,1-2H3,(H,16,17)/b4-3+. The summed E-state index contributed by atoms with van der Waals surface area (Å²) in [5.74, 6) is -0.0251. The molecule has 0 aliphatic heterocycles. The zero-order valence-corrected chi connectivity index (χ0v) is 11.7. The number of carbonyl (C=O) groups excluding carboxylic acids is 2. The first-order valence-corrected chi connectivity index (χ1v) is 6.34. The first-order valence-electron chi connectivity index (χ1n) is 6.34. The summed E-state index contributed by atoms with van der Waals surface area (Å²) in [6, 6.07) is 7.63. The van der Waals surface area contributed by atoms with Crippen LogP contribution in [0.15, 0.2) is 36.4 Å². The molecule has 20 heavy (non-hydrogen) atoms. The molecule has 0 radical (unpaired) electrons. The number of hydrogen-bond acceptors (Lipinski definition) is 4. The summed E-state index contributed by atoms with van der Waals surface area (Å²) >= 11 is 0. The number of rotatable bonds is 7. The second-order valence-electron chi connectivity index (χ2n) is 4.06. The summed E-state index contributed by atoms with van der Waals surface area (Å²) < 4.78 is 9.79. The van der Waals surface area contributed by atoms with E-state index in [4.69, 9.17) is 9.47 Å². The maximum absolute atomic E-state index is 11.4. The van der Waals surface area contributed by atoms with E-state index >= 15 is 0 Å². The van der Waals surface area contributed by atoms with Crippen molar-refractivity contribution in [2.75, 3.05) is 20.3 Å². The van der Waals surface area contributed by atoms with E-state index in [1.54, 1.807) is 20.1 Å². The highest BCUT2D eigenvalue weighted by atomic mass is 16.5. The van der Waals surface area contributed by atoms with Crippen molar-refractivity contribution in [2.24, 2.45) is 0 Å². The van der Waals surface area contributed by atoms with Crippen molar-refractivity contribution in [3.63, 3.8) is 0 Å². The molecular weight excluding hydrogens is 258 g/mol. The Morgan fingerprint density at radius 1 is 1.25 bits per heavy atom. The number of amides is 1. The van der Waals surface area contributed by atoms with Crippen molar-refractivity contribution < 1.29 is 19.1 Å². The zero-order valence-electron chi connectivity index (χ0n) is 11.7. The number of nitrogens with one attached hydrogen (secondary N) is 1. The predicted molar refractivity (Wildman–Crippen MR) is 75.5 cm³/mol. The van der Waals surface area contributed by atoms with Crippen LogP contribution < -0.4 is 10.1 Å². The topological polar surface area (TPSA) is 64.6 Å².